The van der Waals surface area contributed by atoms with Crippen LogP contribution in [0.4, 0.5) is 4.79 Å². The van der Waals surface area contributed by atoms with Crippen LogP contribution in [-0.4, -0.2) is 22.5 Å². The Bertz CT molecular complexity index is 916. The highest BCUT2D eigenvalue weighted by atomic mass is 16.5. The number of rotatable bonds is 5. The van der Waals surface area contributed by atoms with Crippen molar-refractivity contribution in [2.75, 3.05) is 6.61 Å². The van der Waals surface area contributed by atoms with Gasteiger partial charge in [0, 0.05) is 6.07 Å². The van der Waals surface area contributed by atoms with E-state index in [9.17, 15) is 4.79 Å². The van der Waals surface area contributed by atoms with Crippen LogP contribution < -0.4 is 14.8 Å². The maximum Gasteiger partial charge on any atom is 0.439 e. The maximum atomic E-state index is 12.1. The summed E-state index contributed by atoms with van der Waals surface area (Å²) in [7, 11) is 0. The van der Waals surface area contributed by atoms with Crippen molar-refractivity contribution in [2.45, 2.75) is 32.7 Å². The Hall–Kier alpha value is -3.15. The van der Waals surface area contributed by atoms with Gasteiger partial charge in [-0.2, -0.15) is 10.1 Å². The molecule has 0 N–H and O–H groups in total. The summed E-state index contributed by atoms with van der Waals surface area (Å²) in [6, 6.07) is 8.94. The van der Waals surface area contributed by atoms with Gasteiger partial charge in [-0.1, -0.05) is 43.4 Å². The Balaban J connectivity index is 1.85. The summed E-state index contributed by atoms with van der Waals surface area (Å²) in [4.78, 5) is 16.1. The third kappa shape index (κ3) is 5.17. The molecule has 0 saturated carbocycles. The second kappa shape index (κ2) is 8.98. The first kappa shape index (κ1) is 18.6. The number of amides is 1. The molecule has 6 nitrogen and oxygen atoms in total. The predicted molar refractivity (Wildman–Crippen MR) is 103 cm³/mol. The molecule has 27 heavy (non-hydrogen) atoms. The first-order chi connectivity index (χ1) is 13.2. The molecule has 0 saturated heterocycles. The average molecular weight is 365 g/mol. The molecule has 0 spiro atoms. The highest BCUT2D eigenvalue weighted by molar-refractivity contribution is 5.71. The van der Waals surface area contributed by atoms with E-state index in [0.29, 0.717) is 23.6 Å². The fraction of sp³-hybridized carbons (Fsp3) is 0.286. The molecule has 1 amide bonds. The van der Waals surface area contributed by atoms with Crippen molar-refractivity contribution in [1.29, 1.82) is 0 Å². The van der Waals surface area contributed by atoms with Crippen molar-refractivity contribution >= 4 is 6.09 Å². The summed E-state index contributed by atoms with van der Waals surface area (Å²) in [5.74, 6) is 1.02. The number of aryl methyl sites for hydroxylation is 1. The summed E-state index contributed by atoms with van der Waals surface area (Å²) in [5.41, 5.74) is 1.01. The van der Waals surface area contributed by atoms with Gasteiger partial charge in [0.2, 0.25) is 5.88 Å². The minimum atomic E-state index is -0.695. The molecule has 0 fully saturated rings. The van der Waals surface area contributed by atoms with Crippen LogP contribution in [0.3, 0.4) is 0 Å². The lowest BCUT2D eigenvalue weighted by Gasteiger charge is -2.18. The normalized spacial score (nSPS) is 14.4. The summed E-state index contributed by atoms with van der Waals surface area (Å²) >= 11 is 0. The van der Waals surface area contributed by atoms with Crippen molar-refractivity contribution in [3.63, 3.8) is 0 Å². The van der Waals surface area contributed by atoms with Crippen LogP contribution in [0.25, 0.3) is 0 Å². The average Bonchev–Trinajstić information content (AvgIpc) is 2.67. The van der Waals surface area contributed by atoms with E-state index in [0.717, 1.165) is 18.4 Å². The Morgan fingerprint density at radius 3 is 2.85 bits per heavy atom. The van der Waals surface area contributed by atoms with E-state index in [-0.39, 0.29) is 6.04 Å². The molecule has 0 bridgehead atoms. The Labute approximate surface area is 158 Å². The Morgan fingerprint density at radius 2 is 2.11 bits per heavy atom. The summed E-state index contributed by atoms with van der Waals surface area (Å²) in [6.07, 6.45) is 10.9. The van der Waals surface area contributed by atoms with E-state index in [4.69, 9.17) is 9.47 Å². The van der Waals surface area contributed by atoms with Crippen molar-refractivity contribution in [3.8, 4) is 11.6 Å². The first-order valence-electron chi connectivity index (χ1n) is 9.04. The van der Waals surface area contributed by atoms with Gasteiger partial charge < -0.3 is 9.47 Å². The number of carbonyl (C=O) groups excluding carboxylic acids is 1. The second-order valence-corrected chi connectivity index (χ2v) is 6.22. The lowest BCUT2D eigenvalue weighted by Crippen LogP contribution is -2.19. The molecule has 0 radical (unpaired) electrons. The third-order valence-corrected chi connectivity index (χ3v) is 3.90. The van der Waals surface area contributed by atoms with Gasteiger partial charge in [0.15, 0.2) is 0 Å². The first-order valence-corrected chi connectivity index (χ1v) is 9.04. The Kier molecular flexibility index (Phi) is 6.20. The van der Waals surface area contributed by atoms with Crippen LogP contribution in [0.5, 0.6) is 11.6 Å². The summed E-state index contributed by atoms with van der Waals surface area (Å²) in [6.45, 7) is 4.52. The summed E-state index contributed by atoms with van der Waals surface area (Å²) in [5, 5.41) is 4.80. The van der Waals surface area contributed by atoms with Crippen molar-refractivity contribution in [1.82, 2.24) is 9.78 Å². The SMILES string of the molecule is CCCOc1cc(=NC(=O)Oc2cccc(C)c2)cnn1C1C=CCC=C1. The molecule has 2 aromatic rings. The second-order valence-electron chi connectivity index (χ2n) is 6.22. The number of hydrogen-bond acceptors (Lipinski definition) is 4. The smallest absolute Gasteiger partial charge is 0.439 e. The molecule has 0 aliphatic heterocycles. The number of allylic oxidation sites excluding steroid dienone is 4. The molecule has 1 heterocycles. The van der Waals surface area contributed by atoms with Crippen LogP contribution in [0.1, 0.15) is 31.4 Å². The lowest BCUT2D eigenvalue weighted by molar-refractivity contribution is 0.210. The van der Waals surface area contributed by atoms with Crippen molar-refractivity contribution in [3.05, 3.63) is 71.8 Å². The zero-order valence-corrected chi connectivity index (χ0v) is 15.5. The number of hydrogen-bond donors (Lipinski definition) is 0. The van der Waals surface area contributed by atoms with Crippen LogP contribution in [0.15, 0.2) is 65.8 Å². The third-order valence-electron chi connectivity index (χ3n) is 3.90. The van der Waals surface area contributed by atoms with Crippen molar-refractivity contribution < 1.29 is 14.3 Å². The number of ether oxygens (including phenoxy) is 2. The molecular formula is C21H23N3O3. The predicted octanol–water partition coefficient (Wildman–Crippen LogP) is 4.14. The largest absolute Gasteiger partial charge is 0.478 e. The standard InChI is InChI=1S/C21H23N3O3/c1-3-12-26-20-14-17(15-22-24(20)18-9-5-4-6-10-18)23-21(25)27-19-11-7-8-16(2)13-19/h5-11,13-15,18H,3-4,12H2,1-2H3. The van der Waals surface area contributed by atoms with E-state index in [2.05, 4.69) is 34.4 Å². The van der Waals surface area contributed by atoms with Gasteiger partial charge in [-0.25, -0.2) is 9.48 Å². The molecule has 1 aliphatic rings. The van der Waals surface area contributed by atoms with E-state index in [1.54, 1.807) is 22.9 Å². The topological polar surface area (TPSA) is 65.7 Å². The van der Waals surface area contributed by atoms with Gasteiger partial charge in [-0.15, -0.1) is 0 Å². The molecule has 0 unspecified atom stereocenters. The van der Waals surface area contributed by atoms with E-state index in [1.807, 2.05) is 26.0 Å². The fourth-order valence-corrected chi connectivity index (χ4v) is 2.66. The monoisotopic (exact) mass is 365 g/mol. The minimum Gasteiger partial charge on any atom is -0.478 e. The number of carbonyl (C=O) groups is 1. The molecule has 1 aliphatic carbocycles. The van der Waals surface area contributed by atoms with Crippen LogP contribution in [0.2, 0.25) is 0 Å². The number of benzene rings is 1. The lowest BCUT2D eigenvalue weighted by atomic mass is 10.1. The molecular weight excluding hydrogens is 342 g/mol. The highest BCUT2D eigenvalue weighted by Gasteiger charge is 2.12. The maximum absolute atomic E-state index is 12.1. The van der Waals surface area contributed by atoms with Crippen molar-refractivity contribution in [2.24, 2.45) is 4.99 Å². The van der Waals surface area contributed by atoms with E-state index < -0.39 is 6.09 Å². The van der Waals surface area contributed by atoms with E-state index >= 15 is 0 Å². The highest BCUT2D eigenvalue weighted by Crippen LogP contribution is 2.20. The zero-order valence-electron chi connectivity index (χ0n) is 15.5. The number of nitrogens with zero attached hydrogens (tertiary/aromatic N) is 3. The van der Waals surface area contributed by atoms with Crippen LogP contribution in [-0.2, 0) is 0 Å². The van der Waals surface area contributed by atoms with Gasteiger partial charge >= 0.3 is 6.09 Å². The van der Waals surface area contributed by atoms with E-state index in [1.165, 1.54) is 6.20 Å². The fourth-order valence-electron chi connectivity index (χ4n) is 2.66. The van der Waals surface area contributed by atoms with Gasteiger partial charge in [0.1, 0.15) is 5.75 Å². The van der Waals surface area contributed by atoms with Crippen LogP contribution >= 0.6 is 0 Å². The summed E-state index contributed by atoms with van der Waals surface area (Å²) < 4.78 is 12.9. The quantitative estimate of drug-likeness (QED) is 0.747. The Morgan fingerprint density at radius 1 is 1.30 bits per heavy atom. The van der Waals surface area contributed by atoms with Gasteiger partial charge in [-0.05, 0) is 37.5 Å². The molecule has 3 rings (SSSR count). The van der Waals surface area contributed by atoms with Gasteiger partial charge in [-0.3, -0.25) is 0 Å². The zero-order chi connectivity index (χ0) is 19.1. The molecule has 0 atom stereocenters. The minimum absolute atomic E-state index is 0.0149. The van der Waals surface area contributed by atoms with Gasteiger partial charge in [0.25, 0.3) is 0 Å². The molecule has 1 aromatic carbocycles. The number of aromatic nitrogens is 2. The molecule has 1 aromatic heterocycles. The molecule has 140 valence electrons. The molecule has 6 heteroatoms. The van der Waals surface area contributed by atoms with Crippen LogP contribution in [0, 0.1) is 6.92 Å². The van der Waals surface area contributed by atoms with Gasteiger partial charge in [0.05, 0.1) is 24.2 Å².